The Morgan fingerprint density at radius 1 is 1.04 bits per heavy atom. The van der Waals surface area contributed by atoms with Crippen LogP contribution in [0.1, 0.15) is 59.7 Å². The second-order valence-electron chi connectivity index (χ2n) is 7.22. The summed E-state index contributed by atoms with van der Waals surface area (Å²) in [7, 11) is 0. The molecule has 3 rings (SSSR count). The summed E-state index contributed by atoms with van der Waals surface area (Å²) < 4.78 is 0. The number of benzene rings is 2. The fourth-order valence-corrected chi connectivity index (χ4v) is 3.27. The fourth-order valence-electron chi connectivity index (χ4n) is 3.27. The SMILES string of the molecule is Cc1cccc(C(C)C)c1NC(=O)c1ccc(CN2C(=O)CCC2=O)cc1. The highest BCUT2D eigenvalue weighted by molar-refractivity contribution is 6.05. The van der Waals surface area contributed by atoms with Crippen molar-refractivity contribution >= 4 is 23.4 Å². The van der Waals surface area contributed by atoms with Gasteiger partial charge in [-0.3, -0.25) is 19.3 Å². The minimum Gasteiger partial charge on any atom is -0.321 e. The zero-order valence-electron chi connectivity index (χ0n) is 15.9. The zero-order chi connectivity index (χ0) is 19.6. The van der Waals surface area contributed by atoms with Gasteiger partial charge in [0.25, 0.3) is 5.91 Å². The largest absolute Gasteiger partial charge is 0.321 e. The molecule has 1 saturated heterocycles. The lowest BCUT2D eigenvalue weighted by Crippen LogP contribution is -2.28. The average molecular weight is 364 g/mol. The van der Waals surface area contributed by atoms with Crippen molar-refractivity contribution in [2.24, 2.45) is 0 Å². The number of rotatable bonds is 5. The van der Waals surface area contributed by atoms with Gasteiger partial charge in [-0.2, -0.15) is 0 Å². The van der Waals surface area contributed by atoms with E-state index in [0.717, 1.165) is 22.4 Å². The molecule has 0 spiro atoms. The van der Waals surface area contributed by atoms with Crippen LogP contribution in [0.4, 0.5) is 5.69 Å². The number of carbonyl (C=O) groups is 3. The van der Waals surface area contributed by atoms with Crippen molar-refractivity contribution < 1.29 is 14.4 Å². The Balaban J connectivity index is 1.73. The number of nitrogens with one attached hydrogen (secondary N) is 1. The molecule has 0 aromatic heterocycles. The number of likely N-dealkylation sites (tertiary alicyclic amines) is 1. The van der Waals surface area contributed by atoms with Crippen LogP contribution in [-0.2, 0) is 16.1 Å². The van der Waals surface area contributed by atoms with Crippen LogP contribution < -0.4 is 5.32 Å². The van der Waals surface area contributed by atoms with Crippen molar-refractivity contribution in [2.75, 3.05) is 5.32 Å². The number of nitrogens with zero attached hydrogens (tertiary/aromatic N) is 1. The zero-order valence-corrected chi connectivity index (χ0v) is 15.9. The van der Waals surface area contributed by atoms with Crippen LogP contribution in [0.5, 0.6) is 0 Å². The smallest absolute Gasteiger partial charge is 0.255 e. The molecule has 3 amide bonds. The fraction of sp³-hybridized carbons (Fsp3) is 0.318. The maximum atomic E-state index is 12.7. The predicted molar refractivity (Wildman–Crippen MR) is 104 cm³/mol. The van der Waals surface area contributed by atoms with Gasteiger partial charge in [0.1, 0.15) is 0 Å². The van der Waals surface area contributed by atoms with Gasteiger partial charge in [0.2, 0.25) is 11.8 Å². The highest BCUT2D eigenvalue weighted by atomic mass is 16.2. The van der Waals surface area contributed by atoms with E-state index in [1.807, 2.05) is 25.1 Å². The summed E-state index contributed by atoms with van der Waals surface area (Å²) in [5, 5.41) is 3.03. The van der Waals surface area contributed by atoms with E-state index in [9.17, 15) is 14.4 Å². The molecule has 1 aliphatic rings. The lowest BCUT2D eigenvalue weighted by molar-refractivity contribution is -0.139. The van der Waals surface area contributed by atoms with E-state index in [-0.39, 0.29) is 37.1 Å². The quantitative estimate of drug-likeness (QED) is 0.815. The van der Waals surface area contributed by atoms with Crippen molar-refractivity contribution in [3.63, 3.8) is 0 Å². The maximum Gasteiger partial charge on any atom is 0.255 e. The molecule has 2 aromatic carbocycles. The number of aryl methyl sites for hydroxylation is 1. The summed E-state index contributed by atoms with van der Waals surface area (Å²) >= 11 is 0. The molecule has 1 aliphatic heterocycles. The normalized spacial score (nSPS) is 14.1. The molecule has 1 N–H and O–H groups in total. The molecular formula is C22H24N2O3. The van der Waals surface area contributed by atoms with Gasteiger partial charge in [-0.15, -0.1) is 0 Å². The number of amides is 3. The van der Waals surface area contributed by atoms with Gasteiger partial charge in [0.05, 0.1) is 6.54 Å². The van der Waals surface area contributed by atoms with Crippen LogP contribution in [-0.4, -0.2) is 22.6 Å². The number of hydrogen-bond acceptors (Lipinski definition) is 3. The molecule has 0 radical (unpaired) electrons. The highest BCUT2D eigenvalue weighted by Crippen LogP contribution is 2.28. The van der Waals surface area contributed by atoms with Gasteiger partial charge >= 0.3 is 0 Å². The van der Waals surface area contributed by atoms with E-state index < -0.39 is 0 Å². The Morgan fingerprint density at radius 3 is 2.26 bits per heavy atom. The summed E-state index contributed by atoms with van der Waals surface area (Å²) in [5.41, 5.74) is 4.35. The first-order valence-corrected chi connectivity index (χ1v) is 9.20. The van der Waals surface area contributed by atoms with E-state index >= 15 is 0 Å². The van der Waals surface area contributed by atoms with E-state index in [4.69, 9.17) is 0 Å². The molecule has 2 aromatic rings. The highest BCUT2D eigenvalue weighted by Gasteiger charge is 2.28. The minimum absolute atomic E-state index is 0.136. The van der Waals surface area contributed by atoms with Gasteiger partial charge in [0, 0.05) is 24.1 Å². The molecule has 5 nitrogen and oxygen atoms in total. The summed E-state index contributed by atoms with van der Waals surface area (Å²) in [6.07, 6.45) is 0.571. The van der Waals surface area contributed by atoms with E-state index in [0.29, 0.717) is 11.5 Å². The van der Waals surface area contributed by atoms with Crippen LogP contribution in [0, 0.1) is 6.92 Å². The van der Waals surface area contributed by atoms with E-state index in [1.165, 1.54) is 4.90 Å². The van der Waals surface area contributed by atoms with Gasteiger partial charge in [-0.25, -0.2) is 0 Å². The number of hydrogen-bond donors (Lipinski definition) is 1. The Kier molecular flexibility index (Phi) is 5.40. The first-order chi connectivity index (χ1) is 12.9. The monoisotopic (exact) mass is 364 g/mol. The molecule has 0 bridgehead atoms. The summed E-state index contributed by atoms with van der Waals surface area (Å²) in [6, 6.07) is 13.0. The summed E-state index contributed by atoms with van der Waals surface area (Å²) in [6.45, 7) is 6.43. The molecular weight excluding hydrogens is 340 g/mol. The molecule has 0 unspecified atom stereocenters. The molecule has 1 heterocycles. The predicted octanol–water partition coefficient (Wildman–Crippen LogP) is 4.02. The van der Waals surface area contributed by atoms with Crippen LogP contribution in [0.3, 0.4) is 0 Å². The van der Waals surface area contributed by atoms with Gasteiger partial charge in [-0.1, -0.05) is 44.2 Å². The maximum absolute atomic E-state index is 12.7. The lowest BCUT2D eigenvalue weighted by Gasteiger charge is -2.17. The number of carbonyl (C=O) groups excluding carboxylic acids is 3. The molecule has 1 fully saturated rings. The lowest BCUT2D eigenvalue weighted by atomic mass is 9.98. The van der Waals surface area contributed by atoms with E-state index in [1.54, 1.807) is 24.3 Å². The van der Waals surface area contributed by atoms with Crippen molar-refractivity contribution in [3.05, 3.63) is 64.7 Å². The third-order valence-electron chi connectivity index (χ3n) is 4.88. The molecule has 0 atom stereocenters. The van der Waals surface area contributed by atoms with Gasteiger partial charge in [0.15, 0.2) is 0 Å². The second-order valence-corrected chi connectivity index (χ2v) is 7.22. The number of para-hydroxylation sites is 1. The average Bonchev–Trinajstić information content (AvgIpc) is 2.95. The van der Waals surface area contributed by atoms with Crippen molar-refractivity contribution in [2.45, 2.75) is 46.1 Å². The molecule has 27 heavy (non-hydrogen) atoms. The summed E-state index contributed by atoms with van der Waals surface area (Å²) in [5.74, 6) is -0.144. The van der Waals surface area contributed by atoms with Crippen LogP contribution in [0.2, 0.25) is 0 Å². The summed E-state index contributed by atoms with van der Waals surface area (Å²) in [4.78, 5) is 37.4. The first-order valence-electron chi connectivity index (χ1n) is 9.20. The Morgan fingerprint density at radius 2 is 1.67 bits per heavy atom. The molecule has 5 heteroatoms. The van der Waals surface area contributed by atoms with Crippen molar-refractivity contribution in [1.82, 2.24) is 4.90 Å². The third kappa shape index (κ3) is 4.08. The standard InChI is InChI=1S/C22H24N2O3/c1-14(2)18-6-4-5-15(3)21(18)23-22(27)17-9-7-16(8-10-17)13-24-19(25)11-12-20(24)26/h4-10,14H,11-13H2,1-3H3,(H,23,27). The third-order valence-corrected chi connectivity index (χ3v) is 4.88. The Bertz CT molecular complexity index is 869. The minimum atomic E-state index is -0.175. The molecule has 0 aliphatic carbocycles. The number of anilines is 1. The van der Waals surface area contributed by atoms with Gasteiger partial charge in [-0.05, 0) is 41.7 Å². The topological polar surface area (TPSA) is 66.5 Å². The van der Waals surface area contributed by atoms with Crippen LogP contribution >= 0.6 is 0 Å². The first kappa shape index (κ1) is 18.8. The molecule has 0 saturated carbocycles. The van der Waals surface area contributed by atoms with E-state index in [2.05, 4.69) is 19.2 Å². The number of imide groups is 1. The molecule has 140 valence electrons. The van der Waals surface area contributed by atoms with Crippen LogP contribution in [0.15, 0.2) is 42.5 Å². The van der Waals surface area contributed by atoms with Crippen LogP contribution in [0.25, 0.3) is 0 Å². The second kappa shape index (κ2) is 7.74. The Hall–Kier alpha value is -2.95. The van der Waals surface area contributed by atoms with Crippen molar-refractivity contribution in [3.8, 4) is 0 Å². The van der Waals surface area contributed by atoms with Crippen molar-refractivity contribution in [1.29, 1.82) is 0 Å². The van der Waals surface area contributed by atoms with Gasteiger partial charge < -0.3 is 5.32 Å². The Labute approximate surface area is 159 Å².